The topological polar surface area (TPSA) is 46.4 Å². The number of amides is 1. The molecule has 0 spiro atoms. The van der Waals surface area contributed by atoms with Gasteiger partial charge in [-0.3, -0.25) is 4.79 Å². The maximum Gasteiger partial charge on any atom is 0.264 e. The second-order valence-corrected chi connectivity index (χ2v) is 9.42. The molecule has 0 radical (unpaired) electrons. The molecule has 1 N–H and O–H groups in total. The van der Waals surface area contributed by atoms with Crippen molar-refractivity contribution in [2.24, 2.45) is 4.99 Å². The predicted molar refractivity (Wildman–Crippen MR) is 135 cm³/mol. The third kappa shape index (κ3) is 4.39. The van der Waals surface area contributed by atoms with Gasteiger partial charge in [0.05, 0.1) is 10.6 Å². The molecular formula is C24H22IN3OS. The van der Waals surface area contributed by atoms with Crippen LogP contribution in [0.1, 0.15) is 29.4 Å². The van der Waals surface area contributed by atoms with Gasteiger partial charge in [0.15, 0.2) is 5.17 Å². The van der Waals surface area contributed by atoms with Gasteiger partial charge in [-0.15, -0.1) is 0 Å². The number of aromatic nitrogens is 1. The lowest BCUT2D eigenvalue weighted by Gasteiger charge is -2.10. The first-order valence-corrected chi connectivity index (χ1v) is 11.7. The molecule has 0 atom stereocenters. The average molecular weight is 527 g/mol. The summed E-state index contributed by atoms with van der Waals surface area (Å²) in [7, 11) is 0. The maximum absolute atomic E-state index is 12.5. The van der Waals surface area contributed by atoms with Gasteiger partial charge in [-0.05, 0) is 108 Å². The highest BCUT2D eigenvalue weighted by molar-refractivity contribution is 14.1. The molecule has 6 heteroatoms. The average Bonchev–Trinajstić information content (AvgIpc) is 3.20. The smallest absolute Gasteiger partial charge is 0.264 e. The largest absolute Gasteiger partial charge is 0.318 e. The van der Waals surface area contributed by atoms with Crippen LogP contribution in [-0.2, 0) is 11.2 Å². The Morgan fingerprint density at radius 3 is 2.60 bits per heavy atom. The van der Waals surface area contributed by atoms with Gasteiger partial charge >= 0.3 is 0 Å². The van der Waals surface area contributed by atoms with Crippen LogP contribution in [0.5, 0.6) is 0 Å². The molecule has 0 aliphatic carbocycles. The number of benzene rings is 2. The van der Waals surface area contributed by atoms with Gasteiger partial charge in [-0.1, -0.05) is 25.1 Å². The van der Waals surface area contributed by atoms with Crippen LogP contribution in [0.25, 0.3) is 11.8 Å². The Morgan fingerprint density at radius 2 is 1.90 bits per heavy atom. The van der Waals surface area contributed by atoms with Gasteiger partial charge in [0.2, 0.25) is 0 Å². The molecule has 152 valence electrons. The molecule has 4 rings (SSSR count). The van der Waals surface area contributed by atoms with Crippen LogP contribution in [0, 0.1) is 17.4 Å². The molecule has 1 aliphatic rings. The third-order valence-electron chi connectivity index (χ3n) is 5.05. The number of rotatable bonds is 4. The van der Waals surface area contributed by atoms with Crippen LogP contribution in [0.2, 0.25) is 0 Å². The molecule has 30 heavy (non-hydrogen) atoms. The van der Waals surface area contributed by atoms with E-state index in [0.717, 1.165) is 34.7 Å². The van der Waals surface area contributed by atoms with E-state index in [1.54, 1.807) is 0 Å². The van der Waals surface area contributed by atoms with Crippen LogP contribution in [0.15, 0.2) is 64.5 Å². The summed E-state index contributed by atoms with van der Waals surface area (Å²) < 4.78 is 3.41. The molecule has 1 aliphatic heterocycles. The molecule has 1 aromatic heterocycles. The summed E-state index contributed by atoms with van der Waals surface area (Å²) in [6.07, 6.45) is 2.95. The molecule has 3 aromatic rings. The Hall–Kier alpha value is -2.32. The van der Waals surface area contributed by atoms with Crippen LogP contribution < -0.4 is 5.32 Å². The Labute approximate surface area is 194 Å². The standard InChI is InChI=1S/C24H22IN3OS/c1-4-17-8-10-20(11-9-17)26-24-27-23(29)22(30-24)13-18-12-15(2)28(16(18)3)21-7-5-6-19(25)14-21/h5-14H,4H2,1-3H3,(H,26,27,29)/b22-13-. The normalized spacial score (nSPS) is 16.5. The molecule has 1 amide bonds. The molecule has 0 saturated carbocycles. The van der Waals surface area contributed by atoms with Crippen LogP contribution in [0.3, 0.4) is 0 Å². The van der Waals surface area contributed by atoms with Crippen molar-refractivity contribution < 1.29 is 4.79 Å². The van der Waals surface area contributed by atoms with Gasteiger partial charge in [0.1, 0.15) is 0 Å². The van der Waals surface area contributed by atoms with E-state index in [0.29, 0.717) is 10.1 Å². The number of aryl methyl sites for hydroxylation is 2. The van der Waals surface area contributed by atoms with E-state index in [4.69, 9.17) is 0 Å². The highest BCUT2D eigenvalue weighted by Crippen LogP contribution is 2.30. The van der Waals surface area contributed by atoms with Gasteiger partial charge < -0.3 is 9.88 Å². The number of hydrogen-bond acceptors (Lipinski definition) is 3. The Bertz CT molecular complexity index is 1180. The zero-order chi connectivity index (χ0) is 21.3. The van der Waals surface area contributed by atoms with Gasteiger partial charge in [-0.25, -0.2) is 4.99 Å². The van der Waals surface area contributed by atoms with Crippen LogP contribution in [-0.4, -0.2) is 15.6 Å². The lowest BCUT2D eigenvalue weighted by molar-refractivity contribution is -0.115. The van der Waals surface area contributed by atoms with Crippen molar-refractivity contribution in [2.75, 3.05) is 0 Å². The zero-order valence-corrected chi connectivity index (χ0v) is 20.0. The number of carbonyl (C=O) groups is 1. The fourth-order valence-corrected chi connectivity index (χ4v) is 4.85. The zero-order valence-electron chi connectivity index (χ0n) is 17.1. The van der Waals surface area contributed by atoms with Crippen molar-refractivity contribution in [3.63, 3.8) is 0 Å². The van der Waals surface area contributed by atoms with Gasteiger partial charge in [-0.2, -0.15) is 0 Å². The van der Waals surface area contributed by atoms with Crippen molar-refractivity contribution in [2.45, 2.75) is 27.2 Å². The summed E-state index contributed by atoms with van der Waals surface area (Å²) in [4.78, 5) is 17.7. The van der Waals surface area contributed by atoms with Crippen molar-refractivity contribution in [1.29, 1.82) is 0 Å². The molecule has 4 nitrogen and oxygen atoms in total. The van der Waals surface area contributed by atoms with Gasteiger partial charge in [0.25, 0.3) is 5.91 Å². The summed E-state index contributed by atoms with van der Waals surface area (Å²) >= 11 is 3.71. The molecule has 0 bridgehead atoms. The van der Waals surface area contributed by atoms with E-state index in [1.807, 2.05) is 18.2 Å². The Morgan fingerprint density at radius 1 is 1.13 bits per heavy atom. The highest BCUT2D eigenvalue weighted by atomic mass is 127. The SMILES string of the molecule is CCc1ccc(N=C2NC(=O)/C(=C/c3cc(C)n(-c4cccc(I)c4)c3C)S2)cc1. The number of nitrogens with zero attached hydrogens (tertiary/aromatic N) is 2. The quantitative estimate of drug-likeness (QED) is 0.327. The van der Waals surface area contributed by atoms with E-state index in [2.05, 4.69) is 101 Å². The number of amidine groups is 1. The minimum Gasteiger partial charge on any atom is -0.318 e. The lowest BCUT2D eigenvalue weighted by Crippen LogP contribution is -2.19. The summed E-state index contributed by atoms with van der Waals surface area (Å²) in [5, 5.41) is 3.49. The number of aliphatic imine (C=N–C) groups is 1. The van der Waals surface area contributed by atoms with E-state index in [1.165, 1.54) is 20.9 Å². The number of thioether (sulfide) groups is 1. The van der Waals surface area contributed by atoms with E-state index >= 15 is 0 Å². The van der Waals surface area contributed by atoms with E-state index in [9.17, 15) is 4.79 Å². The first-order valence-electron chi connectivity index (χ1n) is 9.78. The fraction of sp³-hybridized carbons (Fsp3) is 0.167. The minimum absolute atomic E-state index is 0.108. The molecular weight excluding hydrogens is 505 g/mol. The third-order valence-corrected chi connectivity index (χ3v) is 6.63. The highest BCUT2D eigenvalue weighted by Gasteiger charge is 2.24. The molecule has 0 unspecified atom stereocenters. The van der Waals surface area contributed by atoms with Crippen LogP contribution >= 0.6 is 34.4 Å². The predicted octanol–water partition coefficient (Wildman–Crippen LogP) is 6.15. The lowest BCUT2D eigenvalue weighted by atomic mass is 10.2. The van der Waals surface area contributed by atoms with Crippen molar-refractivity contribution in [3.05, 3.63) is 85.6 Å². The molecule has 2 aromatic carbocycles. The second-order valence-electron chi connectivity index (χ2n) is 7.14. The van der Waals surface area contributed by atoms with Crippen molar-refractivity contribution in [1.82, 2.24) is 9.88 Å². The summed E-state index contributed by atoms with van der Waals surface area (Å²) in [5.41, 5.74) is 6.52. The fourth-order valence-electron chi connectivity index (χ4n) is 3.49. The monoisotopic (exact) mass is 527 g/mol. The Kier molecular flexibility index (Phi) is 6.15. The number of hydrogen-bond donors (Lipinski definition) is 1. The summed E-state index contributed by atoms with van der Waals surface area (Å²) in [5.74, 6) is -0.108. The minimum atomic E-state index is -0.108. The molecule has 1 fully saturated rings. The summed E-state index contributed by atoms with van der Waals surface area (Å²) in [6.45, 7) is 6.30. The van der Waals surface area contributed by atoms with Crippen molar-refractivity contribution in [3.8, 4) is 5.69 Å². The number of halogens is 1. The number of nitrogens with one attached hydrogen (secondary N) is 1. The molecule has 1 saturated heterocycles. The van der Waals surface area contributed by atoms with E-state index in [-0.39, 0.29) is 5.91 Å². The summed E-state index contributed by atoms with van der Waals surface area (Å²) in [6, 6.07) is 18.6. The van der Waals surface area contributed by atoms with Crippen LogP contribution in [0.4, 0.5) is 5.69 Å². The van der Waals surface area contributed by atoms with Crippen molar-refractivity contribution >= 4 is 57.2 Å². The number of carbonyl (C=O) groups excluding carboxylic acids is 1. The first kappa shape index (κ1) is 20.9. The first-order chi connectivity index (χ1) is 14.4. The molecule has 2 heterocycles. The van der Waals surface area contributed by atoms with E-state index < -0.39 is 0 Å². The second kappa shape index (κ2) is 8.81. The Balaban J connectivity index is 1.61. The maximum atomic E-state index is 12.5. The van der Waals surface area contributed by atoms with Gasteiger partial charge in [0, 0.05) is 20.6 Å².